The number of aliphatic hydroxyl groups excluding tert-OH is 1. The maximum atomic E-state index is 11.0. The number of methoxy groups -OCH3 is 1. The molecule has 0 fully saturated rings. The Balaban J connectivity index is 2.87. The topological polar surface area (TPSA) is 84.6 Å². The lowest BCUT2D eigenvalue weighted by atomic mass is 9.98. The van der Waals surface area contributed by atoms with Crippen LogP contribution in [-0.2, 0) is 11.3 Å². The Bertz CT molecular complexity index is 462. The Morgan fingerprint density at radius 3 is 2.80 bits per heavy atom. The summed E-state index contributed by atoms with van der Waals surface area (Å²) in [5.74, 6) is 0. The van der Waals surface area contributed by atoms with E-state index in [9.17, 15) is 10.1 Å². The zero-order valence-electron chi connectivity index (χ0n) is 11.6. The highest BCUT2D eigenvalue weighted by molar-refractivity contribution is 9.10. The van der Waals surface area contributed by atoms with Gasteiger partial charge in [0.25, 0.3) is 5.69 Å². The van der Waals surface area contributed by atoms with Gasteiger partial charge in [0.05, 0.1) is 11.5 Å². The van der Waals surface area contributed by atoms with E-state index in [0.717, 1.165) is 4.47 Å². The largest absolute Gasteiger partial charge is 0.396 e. The molecule has 6 nitrogen and oxygen atoms in total. The highest BCUT2D eigenvalue weighted by Crippen LogP contribution is 2.24. The molecule has 0 radical (unpaired) electrons. The summed E-state index contributed by atoms with van der Waals surface area (Å²) in [7, 11) is 1.58. The predicted molar refractivity (Wildman–Crippen MR) is 79.6 cm³/mol. The summed E-state index contributed by atoms with van der Waals surface area (Å²) in [6, 6.07) is 4.84. The quantitative estimate of drug-likeness (QED) is 0.557. The molecule has 0 aromatic heterocycles. The SMILES string of the molecule is COCC(C)(CCO)NCc1cc(Br)ccc1[N+](=O)[O-]. The van der Waals surface area contributed by atoms with E-state index >= 15 is 0 Å². The number of ether oxygens (including phenoxy) is 1. The van der Waals surface area contributed by atoms with Gasteiger partial charge in [0.15, 0.2) is 0 Å². The van der Waals surface area contributed by atoms with Crippen molar-refractivity contribution >= 4 is 21.6 Å². The molecule has 7 heteroatoms. The van der Waals surface area contributed by atoms with Crippen molar-refractivity contribution < 1.29 is 14.8 Å². The van der Waals surface area contributed by atoms with Gasteiger partial charge in [0.2, 0.25) is 0 Å². The number of halogens is 1. The Morgan fingerprint density at radius 1 is 1.55 bits per heavy atom. The van der Waals surface area contributed by atoms with Crippen LogP contribution in [0.2, 0.25) is 0 Å². The van der Waals surface area contributed by atoms with E-state index in [0.29, 0.717) is 25.1 Å². The Labute approximate surface area is 126 Å². The summed E-state index contributed by atoms with van der Waals surface area (Å²) in [5.41, 5.74) is 0.230. The molecule has 0 aliphatic rings. The summed E-state index contributed by atoms with van der Waals surface area (Å²) in [6.45, 7) is 2.68. The van der Waals surface area contributed by atoms with Crippen molar-refractivity contribution in [1.29, 1.82) is 0 Å². The van der Waals surface area contributed by atoms with Crippen LogP contribution in [0.1, 0.15) is 18.9 Å². The second-order valence-electron chi connectivity index (χ2n) is 4.85. The van der Waals surface area contributed by atoms with Gasteiger partial charge in [-0.3, -0.25) is 10.1 Å². The van der Waals surface area contributed by atoms with Crippen LogP contribution in [0, 0.1) is 10.1 Å². The van der Waals surface area contributed by atoms with Crippen LogP contribution in [0.15, 0.2) is 22.7 Å². The average molecular weight is 347 g/mol. The van der Waals surface area contributed by atoms with Gasteiger partial charge in [-0.05, 0) is 25.5 Å². The first kappa shape index (κ1) is 17.0. The number of benzene rings is 1. The standard InChI is InChI=1S/C13H19BrN2O4/c1-13(5-6-17,9-20-2)15-8-10-7-11(14)3-4-12(10)16(18)19/h3-4,7,15,17H,5-6,8-9H2,1-2H3. The fourth-order valence-electron chi connectivity index (χ4n) is 1.96. The number of nitro groups is 1. The number of nitro benzene ring substituents is 1. The van der Waals surface area contributed by atoms with Gasteiger partial charge in [-0.1, -0.05) is 15.9 Å². The van der Waals surface area contributed by atoms with Crippen LogP contribution < -0.4 is 5.32 Å². The van der Waals surface area contributed by atoms with E-state index in [1.165, 1.54) is 6.07 Å². The van der Waals surface area contributed by atoms with E-state index in [2.05, 4.69) is 21.2 Å². The van der Waals surface area contributed by atoms with Gasteiger partial charge in [0.1, 0.15) is 0 Å². The molecule has 0 saturated heterocycles. The van der Waals surface area contributed by atoms with Gasteiger partial charge in [-0.2, -0.15) is 0 Å². The molecule has 1 aromatic carbocycles. The number of hydrogen-bond acceptors (Lipinski definition) is 5. The molecule has 1 unspecified atom stereocenters. The molecule has 1 aromatic rings. The summed E-state index contributed by atoms with van der Waals surface area (Å²) in [5, 5.41) is 23.3. The molecule has 0 spiro atoms. The molecule has 0 aliphatic heterocycles. The number of rotatable bonds is 8. The van der Waals surface area contributed by atoms with Crippen LogP contribution in [0.5, 0.6) is 0 Å². The number of hydrogen-bond donors (Lipinski definition) is 2. The molecule has 0 aliphatic carbocycles. The van der Waals surface area contributed by atoms with Crippen LogP contribution in [0.3, 0.4) is 0 Å². The first-order chi connectivity index (χ1) is 9.41. The van der Waals surface area contributed by atoms with Crippen molar-refractivity contribution in [2.75, 3.05) is 20.3 Å². The molecule has 2 N–H and O–H groups in total. The normalized spacial score (nSPS) is 14.0. The lowest BCUT2D eigenvalue weighted by Gasteiger charge is -2.29. The zero-order chi connectivity index (χ0) is 15.2. The predicted octanol–water partition coefficient (Wildman–Crippen LogP) is 2.23. The number of aliphatic hydroxyl groups is 1. The van der Waals surface area contributed by atoms with Crippen molar-refractivity contribution in [1.82, 2.24) is 5.32 Å². The third kappa shape index (κ3) is 4.82. The van der Waals surface area contributed by atoms with Gasteiger partial charge < -0.3 is 15.2 Å². The highest BCUT2D eigenvalue weighted by Gasteiger charge is 2.24. The Hall–Kier alpha value is -1.02. The third-order valence-electron chi connectivity index (χ3n) is 3.07. The minimum atomic E-state index is -0.431. The number of nitrogens with zero attached hydrogens (tertiary/aromatic N) is 1. The fraction of sp³-hybridized carbons (Fsp3) is 0.538. The monoisotopic (exact) mass is 346 g/mol. The molecular formula is C13H19BrN2O4. The minimum absolute atomic E-state index is 0.0213. The lowest BCUT2D eigenvalue weighted by molar-refractivity contribution is -0.385. The van der Waals surface area contributed by atoms with Crippen LogP contribution in [-0.4, -0.2) is 35.9 Å². The van der Waals surface area contributed by atoms with Gasteiger partial charge in [0, 0.05) is 41.9 Å². The van der Waals surface area contributed by atoms with Gasteiger partial charge >= 0.3 is 0 Å². The number of nitrogens with one attached hydrogen (secondary N) is 1. The fourth-order valence-corrected chi connectivity index (χ4v) is 2.37. The van der Waals surface area contributed by atoms with Crippen molar-refractivity contribution in [2.24, 2.45) is 0 Å². The second kappa shape index (κ2) is 7.68. The molecular weight excluding hydrogens is 328 g/mol. The summed E-state index contributed by atoms with van der Waals surface area (Å²) in [4.78, 5) is 10.6. The molecule has 0 heterocycles. The molecule has 1 rings (SSSR count). The van der Waals surface area contributed by atoms with Crippen LogP contribution in [0.4, 0.5) is 5.69 Å². The first-order valence-corrected chi connectivity index (χ1v) is 6.99. The maximum absolute atomic E-state index is 11.0. The van der Waals surface area contributed by atoms with Crippen molar-refractivity contribution in [3.8, 4) is 0 Å². The smallest absolute Gasteiger partial charge is 0.273 e. The summed E-state index contributed by atoms with van der Waals surface area (Å²) in [6.07, 6.45) is 0.503. The molecule has 0 saturated carbocycles. The average Bonchev–Trinajstić information content (AvgIpc) is 2.37. The van der Waals surface area contributed by atoms with Crippen LogP contribution in [0.25, 0.3) is 0 Å². The molecule has 1 atom stereocenters. The van der Waals surface area contributed by atoms with E-state index in [1.54, 1.807) is 19.2 Å². The van der Waals surface area contributed by atoms with E-state index in [1.807, 2.05) is 6.92 Å². The van der Waals surface area contributed by atoms with Gasteiger partial charge in [-0.15, -0.1) is 0 Å². The van der Waals surface area contributed by atoms with Crippen molar-refractivity contribution in [2.45, 2.75) is 25.4 Å². The maximum Gasteiger partial charge on any atom is 0.273 e. The lowest BCUT2D eigenvalue weighted by Crippen LogP contribution is -2.46. The Morgan fingerprint density at radius 2 is 2.25 bits per heavy atom. The van der Waals surface area contributed by atoms with E-state index in [-0.39, 0.29) is 12.3 Å². The minimum Gasteiger partial charge on any atom is -0.396 e. The van der Waals surface area contributed by atoms with E-state index < -0.39 is 10.5 Å². The summed E-state index contributed by atoms with van der Waals surface area (Å²) >= 11 is 3.31. The molecule has 0 bridgehead atoms. The zero-order valence-corrected chi connectivity index (χ0v) is 13.1. The highest BCUT2D eigenvalue weighted by atomic mass is 79.9. The van der Waals surface area contributed by atoms with Crippen molar-refractivity contribution in [3.63, 3.8) is 0 Å². The molecule has 20 heavy (non-hydrogen) atoms. The first-order valence-electron chi connectivity index (χ1n) is 6.19. The van der Waals surface area contributed by atoms with Crippen molar-refractivity contribution in [3.05, 3.63) is 38.3 Å². The molecule has 112 valence electrons. The molecule has 0 amide bonds. The summed E-state index contributed by atoms with van der Waals surface area (Å²) < 4.78 is 5.92. The van der Waals surface area contributed by atoms with Gasteiger partial charge in [-0.25, -0.2) is 0 Å². The van der Waals surface area contributed by atoms with Crippen LogP contribution >= 0.6 is 15.9 Å². The second-order valence-corrected chi connectivity index (χ2v) is 5.77. The Kier molecular flexibility index (Phi) is 6.54. The third-order valence-corrected chi connectivity index (χ3v) is 3.56. The van der Waals surface area contributed by atoms with E-state index in [4.69, 9.17) is 9.84 Å².